The van der Waals surface area contributed by atoms with E-state index < -0.39 is 21.4 Å². The van der Waals surface area contributed by atoms with Crippen LogP contribution in [0.15, 0.2) is 18.8 Å². The van der Waals surface area contributed by atoms with Gasteiger partial charge in [0.25, 0.3) is 0 Å². The van der Waals surface area contributed by atoms with E-state index in [9.17, 15) is 9.59 Å². The molecule has 0 N–H and O–H groups in total. The van der Waals surface area contributed by atoms with Gasteiger partial charge in [0.2, 0.25) is 0 Å². The van der Waals surface area contributed by atoms with Crippen LogP contribution in [0.4, 0.5) is 0 Å². The average Bonchev–Trinajstić information content (AvgIpc) is 2.67. The Morgan fingerprint density at radius 1 is 1.38 bits per heavy atom. The molecule has 0 amide bonds. The fourth-order valence-corrected chi connectivity index (χ4v) is 7.10. The molecule has 86 valence electrons. The summed E-state index contributed by atoms with van der Waals surface area (Å²) < 4.78 is 14.3. The van der Waals surface area contributed by atoms with Crippen LogP contribution in [0.1, 0.15) is 6.42 Å². The van der Waals surface area contributed by atoms with Crippen LogP contribution in [-0.2, 0) is 19.1 Å². The first-order chi connectivity index (χ1) is 7.60. The minimum absolute atomic E-state index is 0.0457. The van der Waals surface area contributed by atoms with Crippen molar-refractivity contribution in [3.63, 3.8) is 0 Å². The molecule has 4 nitrogen and oxygen atoms in total. The number of ketones is 1. The second-order valence-electron chi connectivity index (χ2n) is 3.67. The molecule has 0 saturated heterocycles. The molecule has 1 aliphatic rings. The summed E-state index contributed by atoms with van der Waals surface area (Å²) >= 11 is -2.12. The van der Waals surface area contributed by atoms with Crippen LogP contribution < -0.4 is 0 Å². The number of carbonyl (C=O) groups is 2. The number of methoxy groups -OCH3 is 2. The molecule has 0 bridgehead atoms. The Kier molecular flexibility index (Phi) is 5.28. The summed E-state index contributed by atoms with van der Waals surface area (Å²) in [5.74, 6) is -0.238. The van der Waals surface area contributed by atoms with Gasteiger partial charge in [0.1, 0.15) is 0 Å². The van der Waals surface area contributed by atoms with Crippen molar-refractivity contribution < 1.29 is 19.1 Å². The molecule has 0 aromatic rings. The standard InChI is InChI=1S/C10H12O4.CH3.In/c1-8(4-5-10(12)14-3)9(11)6-7-13-2;;/h1,4H,6-7H2,2-3H3;1H3;. The molecule has 1 aliphatic heterocycles. The van der Waals surface area contributed by atoms with Gasteiger partial charge in [-0.2, -0.15) is 0 Å². The van der Waals surface area contributed by atoms with Crippen molar-refractivity contribution in [1.29, 1.82) is 0 Å². The SMILES string of the molecule is COCCC(=O)C1=[CH][In]([CH3])[C](C(=O)OC)=C1. The summed E-state index contributed by atoms with van der Waals surface area (Å²) in [7, 11) is 2.93. The van der Waals surface area contributed by atoms with Gasteiger partial charge < -0.3 is 0 Å². The van der Waals surface area contributed by atoms with E-state index >= 15 is 0 Å². The third-order valence-corrected chi connectivity index (χ3v) is 8.91. The van der Waals surface area contributed by atoms with Crippen LogP contribution in [0, 0.1) is 0 Å². The maximum absolute atomic E-state index is 11.7. The molecule has 5 heteroatoms. The second kappa shape index (κ2) is 6.25. The van der Waals surface area contributed by atoms with Crippen LogP contribution in [0.2, 0.25) is 4.68 Å². The van der Waals surface area contributed by atoms with Crippen molar-refractivity contribution >= 4 is 33.2 Å². The van der Waals surface area contributed by atoms with Gasteiger partial charge in [-0.15, -0.1) is 0 Å². The number of rotatable bonds is 5. The van der Waals surface area contributed by atoms with E-state index in [4.69, 9.17) is 4.74 Å². The monoisotopic (exact) mass is 326 g/mol. The first-order valence-electron chi connectivity index (χ1n) is 5.14. The first kappa shape index (κ1) is 13.5. The summed E-state index contributed by atoms with van der Waals surface area (Å²) in [4.78, 5) is 23.1. The Morgan fingerprint density at radius 2 is 2.06 bits per heavy atom. The van der Waals surface area contributed by atoms with Crippen molar-refractivity contribution in [2.24, 2.45) is 0 Å². The number of allylic oxidation sites excluding steroid dienone is 2. The molecule has 1 rings (SSSR count). The van der Waals surface area contributed by atoms with Crippen molar-refractivity contribution in [2.45, 2.75) is 11.1 Å². The number of hydrogen-bond acceptors (Lipinski definition) is 4. The average molecular weight is 326 g/mol. The number of carbonyl (C=O) groups excluding carboxylic acids is 2. The van der Waals surface area contributed by atoms with Crippen LogP contribution in [0.3, 0.4) is 0 Å². The predicted octanol–water partition coefficient (Wildman–Crippen LogP) is 0.834. The van der Waals surface area contributed by atoms with Gasteiger partial charge in [-0.25, -0.2) is 0 Å². The third-order valence-electron chi connectivity index (χ3n) is 2.51. The molecule has 0 aromatic heterocycles. The summed E-state index contributed by atoms with van der Waals surface area (Å²) in [6, 6.07) is 0. The predicted molar refractivity (Wildman–Crippen MR) is 61.3 cm³/mol. The van der Waals surface area contributed by atoms with Crippen molar-refractivity contribution in [1.82, 2.24) is 0 Å². The van der Waals surface area contributed by atoms with Crippen molar-refractivity contribution in [3.8, 4) is 0 Å². The Balaban J connectivity index is 2.71. The fourth-order valence-electron chi connectivity index (χ4n) is 1.58. The van der Waals surface area contributed by atoms with E-state index in [0.717, 1.165) is 3.33 Å². The molecular weight excluding hydrogens is 311 g/mol. The van der Waals surface area contributed by atoms with Gasteiger partial charge in [-0.05, 0) is 0 Å². The van der Waals surface area contributed by atoms with Crippen molar-refractivity contribution in [2.75, 3.05) is 20.8 Å². The number of esters is 1. The molecule has 0 aromatic carbocycles. The van der Waals surface area contributed by atoms with Crippen LogP contribution >= 0.6 is 0 Å². The Hall–Kier alpha value is -0.550. The van der Waals surface area contributed by atoms with Gasteiger partial charge in [0.05, 0.1) is 0 Å². The Morgan fingerprint density at radius 3 is 2.62 bits per heavy atom. The van der Waals surface area contributed by atoms with E-state index in [1.807, 2.05) is 3.83 Å². The molecule has 0 spiro atoms. The number of Topliss-reactive ketones (excluding diaryl/α,β-unsaturated/α-hetero) is 1. The zero-order valence-electron chi connectivity index (χ0n) is 9.78. The quantitative estimate of drug-likeness (QED) is 0.703. The Bertz CT molecular complexity index is 357. The fraction of sp³-hybridized carbons (Fsp3) is 0.455. The molecule has 0 saturated carbocycles. The van der Waals surface area contributed by atoms with Crippen molar-refractivity contribution in [3.05, 3.63) is 18.8 Å². The summed E-state index contributed by atoms with van der Waals surface area (Å²) in [5, 5.41) is 0. The van der Waals surface area contributed by atoms with E-state index in [2.05, 4.69) is 9.42 Å². The summed E-state index contributed by atoms with van der Waals surface area (Å²) in [6.07, 6.45) is 2.07. The molecule has 16 heavy (non-hydrogen) atoms. The minimum atomic E-state index is -2.12. The van der Waals surface area contributed by atoms with Gasteiger partial charge in [-0.3, -0.25) is 0 Å². The molecule has 0 aliphatic carbocycles. The van der Waals surface area contributed by atoms with E-state index in [1.54, 1.807) is 13.2 Å². The van der Waals surface area contributed by atoms with Gasteiger partial charge in [0, 0.05) is 0 Å². The zero-order chi connectivity index (χ0) is 12.1. The second-order valence-corrected chi connectivity index (χ2v) is 10.9. The van der Waals surface area contributed by atoms with Crippen LogP contribution in [0.5, 0.6) is 0 Å². The summed E-state index contributed by atoms with van der Waals surface area (Å²) in [5.41, 5.74) is 0.667. The maximum atomic E-state index is 11.7. The van der Waals surface area contributed by atoms with Gasteiger partial charge in [-0.1, -0.05) is 0 Å². The molecule has 0 fully saturated rings. The van der Waals surface area contributed by atoms with Crippen LogP contribution in [-0.4, -0.2) is 54.0 Å². The zero-order valence-corrected chi connectivity index (χ0v) is 13.1. The van der Waals surface area contributed by atoms with Gasteiger partial charge >= 0.3 is 103 Å². The first-order valence-corrected chi connectivity index (χ1v) is 12.0. The molecule has 0 unspecified atom stereocenters. The molecular formula is C11H15InO4. The van der Waals surface area contributed by atoms with Crippen LogP contribution in [0.25, 0.3) is 0 Å². The molecule has 0 atom stereocenters. The number of ether oxygens (including phenoxy) is 2. The molecule has 1 heterocycles. The Labute approximate surface area is 103 Å². The normalized spacial score (nSPS) is 14.6. The number of hydrogen-bond donors (Lipinski definition) is 0. The van der Waals surface area contributed by atoms with E-state index in [1.165, 1.54) is 7.11 Å². The van der Waals surface area contributed by atoms with Gasteiger partial charge in [0.15, 0.2) is 0 Å². The van der Waals surface area contributed by atoms with E-state index in [0.29, 0.717) is 18.6 Å². The third kappa shape index (κ3) is 3.22. The van der Waals surface area contributed by atoms with E-state index in [-0.39, 0.29) is 11.8 Å². The molecule has 0 radical (unpaired) electrons. The topological polar surface area (TPSA) is 52.6 Å². The summed E-state index contributed by atoms with van der Waals surface area (Å²) in [6.45, 7) is 0.418.